The highest BCUT2D eigenvalue weighted by Crippen LogP contribution is 2.14. The summed E-state index contributed by atoms with van der Waals surface area (Å²) in [6.07, 6.45) is 0.505. The minimum atomic E-state index is 0.0569. The molecule has 0 bridgehead atoms. The Bertz CT molecular complexity index is 386. The zero-order valence-corrected chi connectivity index (χ0v) is 11.1. The Balaban J connectivity index is 2.42. The molecule has 0 fully saturated rings. The van der Waals surface area contributed by atoms with Gasteiger partial charge in [-0.1, -0.05) is 19.9 Å². The van der Waals surface area contributed by atoms with Gasteiger partial charge in [0.25, 0.3) is 0 Å². The van der Waals surface area contributed by atoms with Gasteiger partial charge in [-0.25, -0.2) is 0 Å². The number of carbonyl (C=O) groups excluding carboxylic acids is 1. The molecule has 0 saturated carbocycles. The van der Waals surface area contributed by atoms with E-state index in [4.69, 9.17) is 0 Å². The maximum Gasteiger partial charge on any atom is 0.225 e. The molecule has 17 heavy (non-hydrogen) atoms. The zero-order chi connectivity index (χ0) is 12.8. The van der Waals surface area contributed by atoms with Crippen LogP contribution < -0.4 is 10.6 Å². The lowest BCUT2D eigenvalue weighted by Crippen LogP contribution is -2.27. The normalized spacial score (nSPS) is 10.6. The third-order valence-electron chi connectivity index (χ3n) is 2.70. The van der Waals surface area contributed by atoms with E-state index in [1.54, 1.807) is 0 Å². The number of carbonyl (C=O) groups is 1. The van der Waals surface area contributed by atoms with Crippen LogP contribution in [0.3, 0.4) is 0 Å². The van der Waals surface area contributed by atoms with Gasteiger partial charge >= 0.3 is 0 Å². The first-order chi connectivity index (χ1) is 7.99. The van der Waals surface area contributed by atoms with E-state index >= 15 is 0 Å². The first-order valence-corrected chi connectivity index (χ1v) is 6.09. The van der Waals surface area contributed by atoms with Crippen LogP contribution in [0.25, 0.3) is 0 Å². The highest BCUT2D eigenvalue weighted by Gasteiger charge is 2.03. The van der Waals surface area contributed by atoms with Gasteiger partial charge in [-0.05, 0) is 37.1 Å². The number of hydrogen-bond acceptors (Lipinski definition) is 2. The third kappa shape index (κ3) is 5.00. The van der Waals surface area contributed by atoms with Crippen LogP contribution in [0.4, 0.5) is 5.69 Å². The molecule has 2 N–H and O–H groups in total. The summed E-state index contributed by atoms with van der Waals surface area (Å²) < 4.78 is 0. The van der Waals surface area contributed by atoms with Crippen LogP contribution in [0.15, 0.2) is 18.2 Å². The van der Waals surface area contributed by atoms with Gasteiger partial charge in [0.05, 0.1) is 0 Å². The molecule has 0 aliphatic rings. The second-order valence-corrected chi connectivity index (χ2v) is 4.71. The first kappa shape index (κ1) is 13.7. The maximum atomic E-state index is 11.6. The summed E-state index contributed by atoms with van der Waals surface area (Å²) in [6, 6.07) is 6.39. The van der Waals surface area contributed by atoms with Crippen molar-refractivity contribution in [2.75, 3.05) is 11.9 Å². The molecule has 1 rings (SSSR count). The van der Waals surface area contributed by atoms with Crippen molar-refractivity contribution in [3.05, 3.63) is 29.3 Å². The average molecular weight is 234 g/mol. The second-order valence-electron chi connectivity index (χ2n) is 4.71. The van der Waals surface area contributed by atoms with Crippen LogP contribution >= 0.6 is 0 Å². The fraction of sp³-hybridized carbons (Fsp3) is 0.500. The van der Waals surface area contributed by atoms with Gasteiger partial charge in [0.1, 0.15) is 0 Å². The topological polar surface area (TPSA) is 41.1 Å². The summed E-state index contributed by atoms with van der Waals surface area (Å²) in [4.78, 5) is 11.6. The van der Waals surface area contributed by atoms with Crippen LogP contribution in [0.2, 0.25) is 0 Å². The highest BCUT2D eigenvalue weighted by molar-refractivity contribution is 5.90. The van der Waals surface area contributed by atoms with Crippen LogP contribution in [0.1, 0.15) is 31.4 Å². The van der Waals surface area contributed by atoms with Gasteiger partial charge in [0, 0.05) is 24.7 Å². The smallest absolute Gasteiger partial charge is 0.225 e. The molecule has 0 saturated heterocycles. The standard InChI is InChI=1S/C14H22N2O/c1-10(2)15-8-7-14(17)16-13-6-5-11(3)12(4)9-13/h5-6,9-10,15H,7-8H2,1-4H3,(H,16,17). The Morgan fingerprint density at radius 2 is 1.94 bits per heavy atom. The molecule has 0 spiro atoms. The van der Waals surface area contributed by atoms with Gasteiger partial charge in [0.15, 0.2) is 0 Å². The van der Waals surface area contributed by atoms with E-state index in [2.05, 4.69) is 31.4 Å². The predicted octanol–water partition coefficient (Wildman–Crippen LogP) is 2.63. The van der Waals surface area contributed by atoms with Crippen molar-refractivity contribution in [2.24, 2.45) is 0 Å². The van der Waals surface area contributed by atoms with E-state index < -0.39 is 0 Å². The quantitative estimate of drug-likeness (QED) is 0.822. The number of rotatable bonds is 5. The van der Waals surface area contributed by atoms with Crippen LogP contribution in [-0.2, 0) is 4.79 Å². The molecule has 3 heteroatoms. The Morgan fingerprint density at radius 3 is 2.53 bits per heavy atom. The zero-order valence-electron chi connectivity index (χ0n) is 11.1. The predicted molar refractivity (Wildman–Crippen MR) is 72.3 cm³/mol. The summed E-state index contributed by atoms with van der Waals surface area (Å²) in [7, 11) is 0. The molecule has 0 aliphatic heterocycles. The molecular weight excluding hydrogens is 212 g/mol. The minimum Gasteiger partial charge on any atom is -0.326 e. The Kier molecular flexibility index (Phi) is 5.16. The van der Waals surface area contributed by atoms with E-state index in [-0.39, 0.29) is 5.91 Å². The van der Waals surface area contributed by atoms with Gasteiger partial charge in [-0.3, -0.25) is 4.79 Å². The second kappa shape index (κ2) is 6.40. The molecule has 0 atom stereocenters. The number of hydrogen-bond donors (Lipinski definition) is 2. The lowest BCUT2D eigenvalue weighted by atomic mass is 10.1. The number of anilines is 1. The summed E-state index contributed by atoms with van der Waals surface area (Å²) in [5.41, 5.74) is 3.32. The van der Waals surface area contributed by atoms with Gasteiger partial charge in [0.2, 0.25) is 5.91 Å². The SMILES string of the molecule is Cc1ccc(NC(=O)CCNC(C)C)cc1C. The summed E-state index contributed by atoms with van der Waals surface area (Å²) in [6.45, 7) is 8.97. The van der Waals surface area contributed by atoms with E-state index in [1.165, 1.54) is 11.1 Å². The molecule has 1 amide bonds. The number of aryl methyl sites for hydroxylation is 2. The fourth-order valence-corrected chi connectivity index (χ4v) is 1.52. The monoisotopic (exact) mass is 234 g/mol. The molecule has 0 unspecified atom stereocenters. The van der Waals surface area contributed by atoms with Crippen LogP contribution in [-0.4, -0.2) is 18.5 Å². The van der Waals surface area contributed by atoms with Crippen molar-refractivity contribution in [3.8, 4) is 0 Å². The van der Waals surface area contributed by atoms with Crippen molar-refractivity contribution >= 4 is 11.6 Å². The molecule has 0 heterocycles. The lowest BCUT2D eigenvalue weighted by molar-refractivity contribution is -0.116. The third-order valence-corrected chi connectivity index (χ3v) is 2.70. The van der Waals surface area contributed by atoms with Crippen LogP contribution in [0, 0.1) is 13.8 Å². The fourth-order valence-electron chi connectivity index (χ4n) is 1.52. The van der Waals surface area contributed by atoms with Crippen molar-refractivity contribution in [1.82, 2.24) is 5.32 Å². The van der Waals surface area contributed by atoms with Crippen molar-refractivity contribution < 1.29 is 4.79 Å². The largest absolute Gasteiger partial charge is 0.326 e. The molecule has 94 valence electrons. The first-order valence-electron chi connectivity index (χ1n) is 6.09. The van der Waals surface area contributed by atoms with Gasteiger partial charge in [-0.15, -0.1) is 0 Å². The van der Waals surface area contributed by atoms with Gasteiger partial charge < -0.3 is 10.6 Å². The minimum absolute atomic E-state index is 0.0569. The molecule has 0 aromatic heterocycles. The molecule has 1 aromatic rings. The molecule has 1 aromatic carbocycles. The summed E-state index contributed by atoms with van der Waals surface area (Å²) in [5, 5.41) is 6.13. The molecule has 3 nitrogen and oxygen atoms in total. The Labute approximate surface area is 104 Å². The Morgan fingerprint density at radius 1 is 1.24 bits per heavy atom. The maximum absolute atomic E-state index is 11.6. The van der Waals surface area contributed by atoms with E-state index in [1.807, 2.05) is 25.1 Å². The van der Waals surface area contributed by atoms with Crippen molar-refractivity contribution in [2.45, 2.75) is 40.2 Å². The lowest BCUT2D eigenvalue weighted by Gasteiger charge is -2.09. The Hall–Kier alpha value is -1.35. The number of amides is 1. The summed E-state index contributed by atoms with van der Waals surface area (Å²) in [5.74, 6) is 0.0569. The van der Waals surface area contributed by atoms with Crippen LogP contribution in [0.5, 0.6) is 0 Å². The van der Waals surface area contributed by atoms with E-state index in [0.29, 0.717) is 19.0 Å². The molecular formula is C14H22N2O. The number of nitrogens with one attached hydrogen (secondary N) is 2. The number of benzene rings is 1. The molecule has 0 radical (unpaired) electrons. The van der Waals surface area contributed by atoms with E-state index in [0.717, 1.165) is 5.69 Å². The molecule has 0 aliphatic carbocycles. The van der Waals surface area contributed by atoms with Crippen molar-refractivity contribution in [1.29, 1.82) is 0 Å². The summed E-state index contributed by atoms with van der Waals surface area (Å²) >= 11 is 0. The average Bonchev–Trinajstić information content (AvgIpc) is 2.23. The van der Waals surface area contributed by atoms with Gasteiger partial charge in [-0.2, -0.15) is 0 Å². The highest BCUT2D eigenvalue weighted by atomic mass is 16.1. The van der Waals surface area contributed by atoms with Crippen molar-refractivity contribution in [3.63, 3.8) is 0 Å². The van der Waals surface area contributed by atoms with E-state index in [9.17, 15) is 4.79 Å².